The summed E-state index contributed by atoms with van der Waals surface area (Å²) >= 11 is 0. The van der Waals surface area contributed by atoms with Crippen molar-refractivity contribution < 1.29 is 14.5 Å². The second-order valence-corrected chi connectivity index (χ2v) is 6.16. The van der Waals surface area contributed by atoms with Crippen LogP contribution in [-0.4, -0.2) is 57.9 Å². The lowest BCUT2D eigenvalue weighted by Gasteiger charge is -2.38. The summed E-state index contributed by atoms with van der Waals surface area (Å²) < 4.78 is 6.73. The van der Waals surface area contributed by atoms with Crippen LogP contribution in [0.2, 0.25) is 0 Å². The van der Waals surface area contributed by atoms with E-state index in [-0.39, 0.29) is 29.4 Å². The molecule has 2 unspecified atom stereocenters. The maximum atomic E-state index is 12.8. The second kappa shape index (κ2) is 7.63. The summed E-state index contributed by atoms with van der Waals surface area (Å²) in [6.45, 7) is 0.883. The van der Waals surface area contributed by atoms with Crippen LogP contribution < -0.4 is 5.73 Å². The molecule has 2 N–H and O–H groups in total. The van der Waals surface area contributed by atoms with E-state index in [1.807, 2.05) is 0 Å². The van der Waals surface area contributed by atoms with Crippen LogP contribution in [0.3, 0.4) is 0 Å². The SMILES string of the molecule is COC1CCN(C(=O)c2ccn(-c3ccccc3[N+](=O)[O-])n2)C(CN)C1. The molecule has 1 amide bonds. The Bertz CT molecular complexity index is 806. The van der Waals surface area contributed by atoms with Crippen LogP contribution in [0.5, 0.6) is 0 Å². The Labute approximate surface area is 150 Å². The lowest BCUT2D eigenvalue weighted by Crippen LogP contribution is -2.51. The van der Waals surface area contributed by atoms with Crippen molar-refractivity contribution in [3.63, 3.8) is 0 Å². The number of rotatable bonds is 5. The van der Waals surface area contributed by atoms with E-state index in [9.17, 15) is 14.9 Å². The van der Waals surface area contributed by atoms with Gasteiger partial charge in [0.2, 0.25) is 0 Å². The van der Waals surface area contributed by atoms with Gasteiger partial charge in [0.25, 0.3) is 11.6 Å². The summed E-state index contributed by atoms with van der Waals surface area (Å²) in [5.74, 6) is -0.229. The highest BCUT2D eigenvalue weighted by molar-refractivity contribution is 5.92. The van der Waals surface area contributed by atoms with Crippen molar-refractivity contribution in [3.8, 4) is 5.69 Å². The fourth-order valence-corrected chi connectivity index (χ4v) is 3.25. The molecule has 1 fully saturated rings. The van der Waals surface area contributed by atoms with E-state index in [1.54, 1.807) is 42.5 Å². The maximum absolute atomic E-state index is 12.8. The molecular weight excluding hydrogens is 338 g/mol. The lowest BCUT2D eigenvalue weighted by atomic mass is 9.99. The van der Waals surface area contributed by atoms with E-state index in [2.05, 4.69) is 5.10 Å². The van der Waals surface area contributed by atoms with Crippen LogP contribution in [0, 0.1) is 10.1 Å². The Hall–Kier alpha value is -2.78. The maximum Gasteiger partial charge on any atom is 0.294 e. The number of nitro benzene ring substituents is 1. The predicted octanol–water partition coefficient (Wildman–Crippen LogP) is 1.36. The number of hydrogen-bond donors (Lipinski definition) is 1. The van der Waals surface area contributed by atoms with Gasteiger partial charge in [-0.25, -0.2) is 4.68 Å². The van der Waals surface area contributed by atoms with Crippen molar-refractivity contribution in [2.45, 2.75) is 25.0 Å². The number of ether oxygens (including phenoxy) is 1. The first-order chi connectivity index (χ1) is 12.5. The van der Waals surface area contributed by atoms with Gasteiger partial charge >= 0.3 is 0 Å². The largest absolute Gasteiger partial charge is 0.381 e. The molecule has 1 aliphatic heterocycles. The zero-order valence-corrected chi connectivity index (χ0v) is 14.4. The molecule has 2 heterocycles. The summed E-state index contributed by atoms with van der Waals surface area (Å²) in [6.07, 6.45) is 3.07. The molecule has 0 bridgehead atoms. The molecule has 2 atom stereocenters. The Balaban J connectivity index is 1.84. The lowest BCUT2D eigenvalue weighted by molar-refractivity contribution is -0.384. The van der Waals surface area contributed by atoms with Gasteiger partial charge in [0.1, 0.15) is 5.69 Å². The molecular formula is C17H21N5O4. The number of benzene rings is 1. The van der Waals surface area contributed by atoms with Crippen molar-refractivity contribution in [1.29, 1.82) is 0 Å². The van der Waals surface area contributed by atoms with Crippen LogP contribution in [0.25, 0.3) is 5.69 Å². The van der Waals surface area contributed by atoms with E-state index in [1.165, 1.54) is 10.7 Å². The number of aromatic nitrogens is 2. The van der Waals surface area contributed by atoms with Gasteiger partial charge in [-0.1, -0.05) is 12.1 Å². The molecule has 0 spiro atoms. The average molecular weight is 359 g/mol. The minimum absolute atomic E-state index is 0.0738. The smallest absolute Gasteiger partial charge is 0.294 e. The van der Waals surface area contributed by atoms with Crippen LogP contribution in [0.15, 0.2) is 36.5 Å². The number of likely N-dealkylation sites (tertiary alicyclic amines) is 1. The van der Waals surface area contributed by atoms with E-state index in [0.717, 1.165) is 6.42 Å². The van der Waals surface area contributed by atoms with Gasteiger partial charge < -0.3 is 15.4 Å². The third kappa shape index (κ3) is 3.44. The molecule has 0 aliphatic carbocycles. The number of nitro groups is 1. The van der Waals surface area contributed by atoms with Crippen LogP contribution in [0.1, 0.15) is 23.3 Å². The van der Waals surface area contributed by atoms with E-state index >= 15 is 0 Å². The minimum Gasteiger partial charge on any atom is -0.381 e. The molecule has 1 aliphatic rings. The first kappa shape index (κ1) is 18.0. The van der Waals surface area contributed by atoms with Crippen molar-refractivity contribution in [2.24, 2.45) is 5.73 Å². The zero-order valence-electron chi connectivity index (χ0n) is 14.4. The third-order valence-corrected chi connectivity index (χ3v) is 4.67. The molecule has 1 aromatic carbocycles. The molecule has 2 aromatic rings. The molecule has 9 heteroatoms. The molecule has 9 nitrogen and oxygen atoms in total. The number of carbonyl (C=O) groups excluding carboxylic acids is 1. The molecule has 1 aromatic heterocycles. The van der Waals surface area contributed by atoms with Gasteiger partial charge in [0, 0.05) is 38.5 Å². The number of piperidine rings is 1. The predicted molar refractivity (Wildman–Crippen MR) is 94.1 cm³/mol. The third-order valence-electron chi connectivity index (χ3n) is 4.67. The molecule has 1 saturated heterocycles. The number of carbonyl (C=O) groups is 1. The Morgan fingerprint density at radius 1 is 1.42 bits per heavy atom. The van der Waals surface area contributed by atoms with Crippen molar-refractivity contribution in [1.82, 2.24) is 14.7 Å². The van der Waals surface area contributed by atoms with E-state index in [4.69, 9.17) is 10.5 Å². The number of methoxy groups -OCH3 is 1. The highest BCUT2D eigenvalue weighted by Crippen LogP contribution is 2.23. The Morgan fingerprint density at radius 2 is 2.19 bits per heavy atom. The normalized spacial score (nSPS) is 20.2. The average Bonchev–Trinajstić information content (AvgIpc) is 3.16. The summed E-state index contributed by atoms with van der Waals surface area (Å²) in [6, 6.07) is 7.71. The topological polar surface area (TPSA) is 117 Å². The highest BCUT2D eigenvalue weighted by atomic mass is 16.6. The fourth-order valence-electron chi connectivity index (χ4n) is 3.25. The van der Waals surface area contributed by atoms with Gasteiger partial charge in [0.15, 0.2) is 5.69 Å². The summed E-state index contributed by atoms with van der Waals surface area (Å²) in [4.78, 5) is 25.3. The van der Waals surface area contributed by atoms with Gasteiger partial charge in [-0.3, -0.25) is 14.9 Å². The Morgan fingerprint density at radius 3 is 2.88 bits per heavy atom. The minimum atomic E-state index is -0.474. The van der Waals surface area contributed by atoms with Crippen molar-refractivity contribution in [2.75, 3.05) is 20.2 Å². The molecule has 3 rings (SSSR count). The van der Waals surface area contributed by atoms with Crippen LogP contribution >= 0.6 is 0 Å². The summed E-state index contributed by atoms with van der Waals surface area (Å²) in [7, 11) is 1.66. The molecule has 0 saturated carbocycles. The first-order valence-corrected chi connectivity index (χ1v) is 8.38. The number of nitrogens with zero attached hydrogens (tertiary/aromatic N) is 4. The highest BCUT2D eigenvalue weighted by Gasteiger charge is 2.32. The quantitative estimate of drug-likeness (QED) is 0.636. The molecule has 26 heavy (non-hydrogen) atoms. The fraction of sp³-hybridized carbons (Fsp3) is 0.412. The molecule has 138 valence electrons. The van der Waals surface area contributed by atoms with E-state index in [0.29, 0.717) is 25.2 Å². The second-order valence-electron chi connectivity index (χ2n) is 6.16. The van der Waals surface area contributed by atoms with Crippen molar-refractivity contribution in [3.05, 3.63) is 52.3 Å². The number of hydrogen-bond acceptors (Lipinski definition) is 6. The van der Waals surface area contributed by atoms with Gasteiger partial charge in [-0.05, 0) is 25.0 Å². The van der Waals surface area contributed by atoms with Gasteiger partial charge in [0.05, 0.1) is 11.0 Å². The van der Waals surface area contributed by atoms with Crippen LogP contribution in [-0.2, 0) is 4.74 Å². The Kier molecular flexibility index (Phi) is 5.29. The number of para-hydroxylation sites is 2. The summed E-state index contributed by atoms with van der Waals surface area (Å²) in [5, 5.41) is 15.4. The number of amides is 1. The zero-order chi connectivity index (χ0) is 18.7. The van der Waals surface area contributed by atoms with Gasteiger partial charge in [-0.15, -0.1) is 0 Å². The first-order valence-electron chi connectivity index (χ1n) is 8.38. The molecule has 0 radical (unpaired) electrons. The van der Waals surface area contributed by atoms with Crippen LogP contribution in [0.4, 0.5) is 5.69 Å². The van der Waals surface area contributed by atoms with Crippen molar-refractivity contribution >= 4 is 11.6 Å². The number of nitrogens with two attached hydrogens (primary N) is 1. The summed E-state index contributed by atoms with van der Waals surface area (Å²) in [5.41, 5.74) is 6.30. The van der Waals surface area contributed by atoms with Gasteiger partial charge in [-0.2, -0.15) is 5.10 Å². The monoisotopic (exact) mass is 359 g/mol. The standard InChI is InChI=1S/C17H21N5O4/c1-26-13-6-8-20(12(10-13)11-18)17(23)14-7-9-21(19-14)15-4-2-3-5-16(15)22(24)25/h2-5,7,9,12-13H,6,8,10-11,18H2,1H3. The van der Waals surface area contributed by atoms with E-state index < -0.39 is 4.92 Å².